The third-order valence-corrected chi connectivity index (χ3v) is 3.67. The molecule has 18 heavy (non-hydrogen) atoms. The number of nitrogens with one attached hydrogen (secondary N) is 1. The lowest BCUT2D eigenvalue weighted by Gasteiger charge is -2.11. The molecule has 2 heterocycles. The van der Waals surface area contributed by atoms with E-state index in [0.717, 1.165) is 4.88 Å². The van der Waals surface area contributed by atoms with Crippen LogP contribution in [0.5, 0.6) is 0 Å². The van der Waals surface area contributed by atoms with E-state index in [0.29, 0.717) is 4.34 Å². The van der Waals surface area contributed by atoms with Gasteiger partial charge in [0.05, 0.1) is 10.4 Å². The predicted octanol–water partition coefficient (Wildman–Crippen LogP) is 1.45. The lowest BCUT2D eigenvalue weighted by atomic mass is 10.3. The second-order valence-electron chi connectivity index (χ2n) is 3.73. The van der Waals surface area contributed by atoms with E-state index in [1.54, 1.807) is 0 Å². The van der Waals surface area contributed by atoms with Crippen molar-refractivity contribution in [1.29, 1.82) is 0 Å². The van der Waals surface area contributed by atoms with Gasteiger partial charge in [0.25, 0.3) is 0 Å². The van der Waals surface area contributed by atoms with E-state index >= 15 is 0 Å². The van der Waals surface area contributed by atoms with E-state index in [9.17, 15) is 4.79 Å². The van der Waals surface area contributed by atoms with Crippen LogP contribution >= 0.6 is 22.9 Å². The number of anilines is 1. The van der Waals surface area contributed by atoms with Crippen LogP contribution in [0.15, 0.2) is 18.5 Å². The highest BCUT2D eigenvalue weighted by Gasteiger charge is 2.12. The Morgan fingerprint density at radius 3 is 3.00 bits per heavy atom. The normalized spacial score (nSPS) is 12.3. The fraction of sp³-hybridized carbons (Fsp3) is 0.300. The summed E-state index contributed by atoms with van der Waals surface area (Å²) in [6.45, 7) is 1.99. The van der Waals surface area contributed by atoms with Gasteiger partial charge in [0.2, 0.25) is 11.9 Å². The van der Waals surface area contributed by atoms with Gasteiger partial charge in [-0.15, -0.1) is 16.4 Å². The van der Waals surface area contributed by atoms with Crippen molar-refractivity contribution in [1.82, 2.24) is 20.1 Å². The van der Waals surface area contributed by atoms with Gasteiger partial charge in [-0.25, -0.2) is 9.67 Å². The molecule has 0 aliphatic heterocycles. The van der Waals surface area contributed by atoms with Gasteiger partial charge in [0.1, 0.15) is 12.9 Å². The molecule has 0 fully saturated rings. The summed E-state index contributed by atoms with van der Waals surface area (Å²) < 4.78 is 2.09. The lowest BCUT2D eigenvalue weighted by molar-refractivity contribution is -0.122. The molecule has 0 aromatic carbocycles. The Balaban J connectivity index is 1.91. The third kappa shape index (κ3) is 3.21. The van der Waals surface area contributed by atoms with Crippen molar-refractivity contribution in [2.75, 3.05) is 5.73 Å². The summed E-state index contributed by atoms with van der Waals surface area (Å²) >= 11 is 7.29. The Morgan fingerprint density at radius 2 is 2.44 bits per heavy atom. The van der Waals surface area contributed by atoms with Crippen molar-refractivity contribution >= 4 is 34.8 Å². The molecule has 1 atom stereocenters. The van der Waals surface area contributed by atoms with Crippen LogP contribution < -0.4 is 11.1 Å². The van der Waals surface area contributed by atoms with Crippen LogP contribution in [0.4, 0.5) is 5.95 Å². The first-order chi connectivity index (χ1) is 8.54. The summed E-state index contributed by atoms with van der Waals surface area (Å²) in [7, 11) is 0. The van der Waals surface area contributed by atoms with Crippen molar-refractivity contribution in [2.45, 2.75) is 19.5 Å². The number of rotatable bonds is 4. The second-order valence-corrected chi connectivity index (χ2v) is 5.48. The molecular formula is C10H12ClN5OS. The molecule has 1 unspecified atom stereocenters. The average Bonchev–Trinajstić information content (AvgIpc) is 2.87. The van der Waals surface area contributed by atoms with Crippen molar-refractivity contribution in [3.05, 3.63) is 27.7 Å². The number of amides is 1. The van der Waals surface area contributed by atoms with Gasteiger partial charge >= 0.3 is 0 Å². The zero-order chi connectivity index (χ0) is 13.1. The SMILES string of the molecule is CC(NC(=O)Cn1cnc(N)n1)c1ccc(Cl)s1. The summed E-state index contributed by atoms with van der Waals surface area (Å²) in [5.74, 6) is -0.00203. The Bertz CT molecular complexity index is 552. The zero-order valence-electron chi connectivity index (χ0n) is 9.63. The minimum absolute atomic E-state index is 0.0872. The highest BCUT2D eigenvalue weighted by atomic mass is 35.5. The molecule has 0 radical (unpaired) electrons. The molecule has 0 aliphatic carbocycles. The van der Waals surface area contributed by atoms with Gasteiger partial charge in [0.15, 0.2) is 0 Å². The second kappa shape index (κ2) is 5.36. The van der Waals surface area contributed by atoms with Gasteiger partial charge in [0, 0.05) is 4.88 Å². The molecule has 2 aromatic heterocycles. The van der Waals surface area contributed by atoms with Crippen LogP contribution in [-0.2, 0) is 11.3 Å². The first-order valence-corrected chi connectivity index (χ1v) is 6.43. The monoisotopic (exact) mass is 285 g/mol. The van der Waals surface area contributed by atoms with Crippen molar-refractivity contribution in [2.24, 2.45) is 0 Å². The van der Waals surface area contributed by atoms with Crippen LogP contribution in [0, 0.1) is 0 Å². The summed E-state index contributed by atoms with van der Waals surface area (Å²) in [4.78, 5) is 16.5. The van der Waals surface area contributed by atoms with Gasteiger partial charge < -0.3 is 11.1 Å². The zero-order valence-corrected chi connectivity index (χ0v) is 11.2. The number of halogens is 1. The molecule has 0 saturated carbocycles. The number of carbonyl (C=O) groups excluding carboxylic acids is 1. The quantitative estimate of drug-likeness (QED) is 0.890. The Hall–Kier alpha value is -1.60. The molecule has 0 saturated heterocycles. The molecule has 3 N–H and O–H groups in total. The highest BCUT2D eigenvalue weighted by Crippen LogP contribution is 2.26. The lowest BCUT2D eigenvalue weighted by Crippen LogP contribution is -2.29. The smallest absolute Gasteiger partial charge is 0.242 e. The number of hydrogen-bond acceptors (Lipinski definition) is 5. The summed E-state index contributed by atoms with van der Waals surface area (Å²) in [5, 5.41) is 6.69. The molecule has 6 nitrogen and oxygen atoms in total. The number of hydrogen-bond donors (Lipinski definition) is 2. The van der Waals surface area contributed by atoms with Gasteiger partial charge in [-0.2, -0.15) is 0 Å². The molecular weight excluding hydrogens is 274 g/mol. The molecule has 1 amide bonds. The standard InChI is InChI=1S/C10H12ClN5OS/c1-6(7-2-3-8(11)18-7)14-9(17)4-16-5-13-10(12)15-16/h2-3,5-6H,4H2,1H3,(H2,12,15)(H,14,17). The van der Waals surface area contributed by atoms with E-state index in [-0.39, 0.29) is 24.4 Å². The molecule has 96 valence electrons. The molecule has 0 aliphatic rings. The van der Waals surface area contributed by atoms with Crippen LogP contribution in [0.25, 0.3) is 0 Å². The van der Waals surface area contributed by atoms with Crippen molar-refractivity contribution in [3.8, 4) is 0 Å². The van der Waals surface area contributed by atoms with E-state index in [1.165, 1.54) is 22.3 Å². The topological polar surface area (TPSA) is 85.8 Å². The van der Waals surface area contributed by atoms with E-state index in [2.05, 4.69) is 15.4 Å². The maximum absolute atomic E-state index is 11.7. The Kier molecular flexibility index (Phi) is 3.83. The number of carbonyl (C=O) groups is 1. The van der Waals surface area contributed by atoms with Crippen LogP contribution in [0.1, 0.15) is 17.8 Å². The summed E-state index contributed by atoms with van der Waals surface area (Å²) in [6.07, 6.45) is 1.42. The van der Waals surface area contributed by atoms with Crippen molar-refractivity contribution < 1.29 is 4.79 Å². The maximum Gasteiger partial charge on any atom is 0.242 e. The molecule has 0 bridgehead atoms. The summed E-state index contributed by atoms with van der Waals surface area (Å²) in [6, 6.07) is 3.61. The van der Waals surface area contributed by atoms with Gasteiger partial charge in [-0.05, 0) is 19.1 Å². The minimum atomic E-state index is -0.156. The Labute approximate surface area is 113 Å². The van der Waals surface area contributed by atoms with Gasteiger partial charge in [-0.3, -0.25) is 4.79 Å². The first-order valence-electron chi connectivity index (χ1n) is 5.24. The third-order valence-electron chi connectivity index (χ3n) is 2.26. The fourth-order valence-electron chi connectivity index (χ4n) is 1.45. The Morgan fingerprint density at radius 1 is 1.67 bits per heavy atom. The van der Waals surface area contributed by atoms with E-state index in [1.807, 2.05) is 19.1 Å². The highest BCUT2D eigenvalue weighted by molar-refractivity contribution is 7.16. The maximum atomic E-state index is 11.7. The molecule has 8 heteroatoms. The molecule has 0 spiro atoms. The van der Waals surface area contributed by atoms with Crippen LogP contribution in [-0.4, -0.2) is 20.7 Å². The summed E-state index contributed by atoms with van der Waals surface area (Å²) in [5.41, 5.74) is 5.36. The minimum Gasteiger partial charge on any atom is -0.367 e. The van der Waals surface area contributed by atoms with E-state index in [4.69, 9.17) is 17.3 Å². The first kappa shape index (κ1) is 12.8. The van der Waals surface area contributed by atoms with Crippen molar-refractivity contribution in [3.63, 3.8) is 0 Å². The van der Waals surface area contributed by atoms with Crippen LogP contribution in [0.2, 0.25) is 4.34 Å². The van der Waals surface area contributed by atoms with E-state index < -0.39 is 0 Å². The largest absolute Gasteiger partial charge is 0.367 e. The molecule has 2 rings (SSSR count). The van der Waals surface area contributed by atoms with Crippen LogP contribution in [0.3, 0.4) is 0 Å². The fourth-order valence-corrected chi connectivity index (χ4v) is 2.51. The number of nitrogen functional groups attached to an aromatic ring is 1. The number of nitrogens with zero attached hydrogens (tertiary/aromatic N) is 3. The van der Waals surface area contributed by atoms with Gasteiger partial charge in [-0.1, -0.05) is 11.6 Å². The average molecular weight is 286 g/mol. The number of aromatic nitrogens is 3. The number of thiophene rings is 1. The molecule has 2 aromatic rings. The number of nitrogens with two attached hydrogens (primary N) is 1. The predicted molar refractivity (Wildman–Crippen MR) is 70.3 cm³/mol.